The van der Waals surface area contributed by atoms with Crippen LogP contribution in [0.5, 0.6) is 5.75 Å². The Hall–Kier alpha value is -2.74. The third-order valence-corrected chi connectivity index (χ3v) is 3.35. The van der Waals surface area contributed by atoms with Gasteiger partial charge in [-0.1, -0.05) is 19.1 Å². The summed E-state index contributed by atoms with van der Waals surface area (Å²) in [5.41, 5.74) is 0.122. The SMILES string of the molecule is CCCOCCCOc1cccc2cc(-c3nn[nH]n3)c(=O)oc12. The zero-order valence-corrected chi connectivity index (χ0v) is 13.3. The predicted molar refractivity (Wildman–Crippen MR) is 86.9 cm³/mol. The number of benzene rings is 1. The van der Waals surface area contributed by atoms with Crippen LogP contribution in [0.4, 0.5) is 0 Å². The number of hydrogen-bond acceptors (Lipinski definition) is 7. The Morgan fingerprint density at radius 2 is 2.17 bits per heavy atom. The Labute approximate surface area is 137 Å². The van der Waals surface area contributed by atoms with E-state index >= 15 is 0 Å². The van der Waals surface area contributed by atoms with Crippen molar-refractivity contribution in [1.82, 2.24) is 20.6 Å². The molecule has 0 fully saturated rings. The molecular weight excluding hydrogens is 312 g/mol. The van der Waals surface area contributed by atoms with E-state index in [1.807, 2.05) is 12.1 Å². The molecule has 1 N–H and O–H groups in total. The van der Waals surface area contributed by atoms with Gasteiger partial charge < -0.3 is 13.9 Å². The lowest BCUT2D eigenvalue weighted by Gasteiger charge is -2.08. The minimum absolute atomic E-state index is 0.199. The van der Waals surface area contributed by atoms with Crippen molar-refractivity contribution in [2.24, 2.45) is 0 Å². The van der Waals surface area contributed by atoms with Gasteiger partial charge in [0.15, 0.2) is 11.3 Å². The van der Waals surface area contributed by atoms with Crippen LogP contribution < -0.4 is 10.4 Å². The van der Waals surface area contributed by atoms with Crippen molar-refractivity contribution in [2.75, 3.05) is 19.8 Å². The molecule has 0 aliphatic heterocycles. The van der Waals surface area contributed by atoms with Gasteiger partial charge in [-0.3, -0.25) is 0 Å². The number of hydrogen-bond donors (Lipinski definition) is 1. The molecule has 0 amide bonds. The average molecular weight is 330 g/mol. The van der Waals surface area contributed by atoms with E-state index in [0.29, 0.717) is 24.5 Å². The van der Waals surface area contributed by atoms with Gasteiger partial charge in [0.05, 0.1) is 6.61 Å². The number of aromatic amines is 1. The van der Waals surface area contributed by atoms with E-state index in [2.05, 4.69) is 27.5 Å². The van der Waals surface area contributed by atoms with Crippen molar-refractivity contribution < 1.29 is 13.9 Å². The molecule has 126 valence electrons. The fourth-order valence-electron chi connectivity index (χ4n) is 2.25. The second-order valence-corrected chi connectivity index (χ2v) is 5.17. The van der Waals surface area contributed by atoms with Crippen LogP contribution in [0.3, 0.4) is 0 Å². The summed E-state index contributed by atoms with van der Waals surface area (Å²) in [6.45, 7) is 3.95. The van der Waals surface area contributed by atoms with Crippen molar-refractivity contribution in [3.63, 3.8) is 0 Å². The lowest BCUT2D eigenvalue weighted by molar-refractivity contribution is 0.120. The maximum absolute atomic E-state index is 12.2. The summed E-state index contributed by atoms with van der Waals surface area (Å²) in [6.07, 6.45) is 1.76. The molecule has 0 aliphatic carbocycles. The number of rotatable bonds is 8. The van der Waals surface area contributed by atoms with E-state index in [1.54, 1.807) is 12.1 Å². The molecule has 0 radical (unpaired) electrons. The smallest absolute Gasteiger partial charge is 0.347 e. The molecule has 2 aromatic heterocycles. The molecule has 24 heavy (non-hydrogen) atoms. The largest absolute Gasteiger partial charge is 0.490 e. The molecule has 1 aromatic carbocycles. The van der Waals surface area contributed by atoms with Gasteiger partial charge in [-0.25, -0.2) is 4.79 Å². The minimum atomic E-state index is -0.536. The lowest BCUT2D eigenvalue weighted by atomic mass is 10.1. The fourth-order valence-corrected chi connectivity index (χ4v) is 2.25. The van der Waals surface area contributed by atoms with Gasteiger partial charge in [0.25, 0.3) is 0 Å². The minimum Gasteiger partial charge on any atom is -0.490 e. The van der Waals surface area contributed by atoms with Crippen molar-refractivity contribution in [3.8, 4) is 17.1 Å². The van der Waals surface area contributed by atoms with E-state index in [-0.39, 0.29) is 11.4 Å². The Morgan fingerprint density at radius 3 is 2.96 bits per heavy atom. The summed E-state index contributed by atoms with van der Waals surface area (Å²) in [6, 6.07) is 7.11. The quantitative estimate of drug-likeness (QED) is 0.498. The second kappa shape index (κ2) is 7.69. The van der Waals surface area contributed by atoms with Gasteiger partial charge in [0.1, 0.15) is 5.56 Å². The average Bonchev–Trinajstić information content (AvgIpc) is 3.12. The molecule has 0 aliphatic rings. The zero-order chi connectivity index (χ0) is 16.8. The van der Waals surface area contributed by atoms with Crippen LogP contribution >= 0.6 is 0 Å². The van der Waals surface area contributed by atoms with Crippen molar-refractivity contribution in [2.45, 2.75) is 19.8 Å². The maximum Gasteiger partial charge on any atom is 0.347 e. The Kier molecular flexibility index (Phi) is 5.17. The maximum atomic E-state index is 12.2. The summed E-state index contributed by atoms with van der Waals surface area (Å²) < 4.78 is 16.5. The van der Waals surface area contributed by atoms with Gasteiger partial charge in [0, 0.05) is 25.0 Å². The van der Waals surface area contributed by atoms with E-state index in [1.165, 1.54) is 0 Å². The zero-order valence-electron chi connectivity index (χ0n) is 13.3. The molecule has 0 saturated carbocycles. The number of ether oxygens (including phenoxy) is 2. The third-order valence-electron chi connectivity index (χ3n) is 3.35. The molecular formula is C16H18N4O4. The number of para-hydroxylation sites is 1. The highest BCUT2D eigenvalue weighted by molar-refractivity contribution is 5.85. The number of nitrogens with zero attached hydrogens (tertiary/aromatic N) is 3. The molecule has 0 bridgehead atoms. The topological polar surface area (TPSA) is 103 Å². The highest BCUT2D eigenvalue weighted by atomic mass is 16.5. The summed E-state index contributed by atoms with van der Waals surface area (Å²) in [4.78, 5) is 12.2. The monoisotopic (exact) mass is 330 g/mol. The van der Waals surface area contributed by atoms with Crippen molar-refractivity contribution >= 4 is 11.0 Å². The van der Waals surface area contributed by atoms with E-state index in [0.717, 1.165) is 24.8 Å². The molecule has 0 unspecified atom stereocenters. The van der Waals surface area contributed by atoms with Gasteiger partial charge in [-0.05, 0) is 23.8 Å². The van der Waals surface area contributed by atoms with Gasteiger partial charge in [0.2, 0.25) is 5.82 Å². The molecule has 8 nitrogen and oxygen atoms in total. The highest BCUT2D eigenvalue weighted by Gasteiger charge is 2.14. The van der Waals surface area contributed by atoms with Crippen molar-refractivity contribution in [3.05, 3.63) is 34.7 Å². The first kappa shape index (κ1) is 16.1. The molecule has 0 saturated heterocycles. The van der Waals surface area contributed by atoms with Gasteiger partial charge in [-0.15, -0.1) is 10.2 Å². The number of tetrazole rings is 1. The van der Waals surface area contributed by atoms with E-state index in [9.17, 15) is 4.79 Å². The Morgan fingerprint density at radius 1 is 1.25 bits per heavy atom. The Bertz CT molecular complexity index is 845. The van der Waals surface area contributed by atoms with Crippen molar-refractivity contribution in [1.29, 1.82) is 0 Å². The van der Waals surface area contributed by atoms with Crippen LogP contribution in [0.2, 0.25) is 0 Å². The molecule has 0 atom stereocenters. The number of H-pyrrole nitrogens is 1. The summed E-state index contributed by atoms with van der Waals surface area (Å²) in [7, 11) is 0. The number of aromatic nitrogens is 4. The van der Waals surface area contributed by atoms with Gasteiger partial charge in [-0.2, -0.15) is 5.21 Å². The first-order chi connectivity index (χ1) is 11.8. The molecule has 3 aromatic rings. The van der Waals surface area contributed by atoms with Crippen LogP contribution in [0.25, 0.3) is 22.4 Å². The molecule has 2 heterocycles. The first-order valence-corrected chi connectivity index (χ1v) is 7.81. The molecule has 3 rings (SSSR count). The number of nitrogens with one attached hydrogen (secondary N) is 1. The summed E-state index contributed by atoms with van der Waals surface area (Å²) in [5.74, 6) is 0.727. The van der Waals surface area contributed by atoms with E-state index in [4.69, 9.17) is 13.9 Å². The number of fused-ring (bicyclic) bond motifs is 1. The van der Waals surface area contributed by atoms with Crippen LogP contribution in [-0.2, 0) is 4.74 Å². The first-order valence-electron chi connectivity index (χ1n) is 7.81. The third kappa shape index (κ3) is 3.60. The van der Waals surface area contributed by atoms with Crippen LogP contribution in [-0.4, -0.2) is 40.4 Å². The van der Waals surface area contributed by atoms with Crippen LogP contribution in [0.15, 0.2) is 33.5 Å². The van der Waals surface area contributed by atoms with Gasteiger partial charge >= 0.3 is 5.63 Å². The summed E-state index contributed by atoms with van der Waals surface area (Å²) in [5, 5.41) is 14.1. The predicted octanol–water partition coefficient (Wildman–Crippen LogP) is 2.17. The lowest BCUT2D eigenvalue weighted by Crippen LogP contribution is -2.06. The van der Waals surface area contributed by atoms with Crippen LogP contribution in [0, 0.1) is 0 Å². The molecule has 8 heteroatoms. The fraction of sp³-hybridized carbons (Fsp3) is 0.375. The Balaban J connectivity index is 1.78. The summed E-state index contributed by atoms with van der Waals surface area (Å²) >= 11 is 0. The normalized spacial score (nSPS) is 11.0. The highest BCUT2D eigenvalue weighted by Crippen LogP contribution is 2.26. The second-order valence-electron chi connectivity index (χ2n) is 5.17. The standard InChI is InChI=1S/C16H18N4O4/c1-2-7-22-8-4-9-23-13-6-3-5-11-10-12(15-17-19-20-18-15)16(21)24-14(11)13/h3,5-6,10H,2,4,7-9H2,1H3,(H,17,18,19,20). The van der Waals surface area contributed by atoms with Crippen LogP contribution in [0.1, 0.15) is 19.8 Å². The van der Waals surface area contributed by atoms with E-state index < -0.39 is 5.63 Å². The molecule has 0 spiro atoms.